The molecule has 0 saturated heterocycles. The van der Waals surface area contributed by atoms with Crippen LogP contribution in [0.3, 0.4) is 0 Å². The van der Waals surface area contributed by atoms with Crippen LogP contribution in [0.4, 0.5) is 0 Å². The minimum atomic E-state index is 0.340. The molecule has 0 bridgehead atoms. The van der Waals surface area contributed by atoms with E-state index in [1.165, 1.54) is 5.46 Å². The average molecular weight is 230 g/mol. The van der Waals surface area contributed by atoms with Crippen molar-refractivity contribution < 1.29 is 4.74 Å². The third-order valence-electron chi connectivity index (χ3n) is 2.41. The molecule has 0 atom stereocenters. The van der Waals surface area contributed by atoms with Crippen molar-refractivity contribution in [3.05, 3.63) is 36.4 Å². The Balaban J connectivity index is 2.47. The highest BCUT2D eigenvalue weighted by Gasteiger charge is 2.13. The molecule has 0 aliphatic heterocycles. The molecule has 1 rings (SSSR count). The van der Waals surface area contributed by atoms with Crippen LogP contribution in [0.1, 0.15) is 34.1 Å². The summed E-state index contributed by atoms with van der Waals surface area (Å²) in [6, 6.07) is 8.43. The van der Waals surface area contributed by atoms with Gasteiger partial charge in [0.2, 0.25) is 0 Å². The smallest absolute Gasteiger partial charge is 0.163 e. The molecule has 0 aromatic heterocycles. The lowest BCUT2D eigenvalue weighted by Gasteiger charge is -2.16. The van der Waals surface area contributed by atoms with Crippen molar-refractivity contribution in [2.75, 3.05) is 6.61 Å². The standard InChI is InChI=1S/C15H23BO/c1-5-6-7-12-17-14-10-8-13(9-11-14)16-15(2,3)4/h6-11,16H,5,12H2,1-4H3/b7-6-. The molecule has 0 radical (unpaired) electrons. The summed E-state index contributed by atoms with van der Waals surface area (Å²) in [5.41, 5.74) is 1.37. The number of allylic oxidation sites excluding steroid dienone is 1. The van der Waals surface area contributed by atoms with Crippen LogP contribution in [0.5, 0.6) is 5.75 Å². The van der Waals surface area contributed by atoms with E-state index in [0.29, 0.717) is 11.9 Å². The third-order valence-corrected chi connectivity index (χ3v) is 2.41. The van der Waals surface area contributed by atoms with Crippen molar-refractivity contribution in [3.8, 4) is 5.75 Å². The molecule has 0 amide bonds. The monoisotopic (exact) mass is 230 g/mol. The third kappa shape index (κ3) is 6.20. The number of ether oxygens (including phenoxy) is 1. The van der Waals surface area contributed by atoms with Gasteiger partial charge in [0.05, 0.1) is 0 Å². The maximum absolute atomic E-state index is 5.61. The fraction of sp³-hybridized carbons (Fsp3) is 0.467. The Hall–Kier alpha value is -1.18. The molecule has 1 aromatic carbocycles. The lowest BCUT2D eigenvalue weighted by molar-refractivity contribution is 0.362. The molecule has 0 N–H and O–H groups in total. The minimum Gasteiger partial charge on any atom is -0.490 e. The molecule has 0 fully saturated rings. The SMILES string of the molecule is CC/C=C\COc1ccc(BC(C)(C)C)cc1. The number of benzene rings is 1. The summed E-state index contributed by atoms with van der Waals surface area (Å²) >= 11 is 0. The molecule has 1 nitrogen and oxygen atoms in total. The summed E-state index contributed by atoms with van der Waals surface area (Å²) < 4.78 is 5.61. The largest absolute Gasteiger partial charge is 0.490 e. The molecule has 0 unspecified atom stereocenters. The zero-order valence-corrected chi connectivity index (χ0v) is 11.5. The van der Waals surface area contributed by atoms with Crippen molar-refractivity contribution in [2.24, 2.45) is 0 Å². The summed E-state index contributed by atoms with van der Waals surface area (Å²) in [7, 11) is 1.10. The van der Waals surface area contributed by atoms with Crippen molar-refractivity contribution in [1.82, 2.24) is 0 Å². The highest BCUT2D eigenvalue weighted by molar-refractivity contribution is 6.56. The lowest BCUT2D eigenvalue weighted by atomic mass is 9.51. The molecule has 92 valence electrons. The van der Waals surface area contributed by atoms with Gasteiger partial charge in [0.25, 0.3) is 0 Å². The molecule has 2 heteroatoms. The van der Waals surface area contributed by atoms with Gasteiger partial charge in [0.15, 0.2) is 7.28 Å². The van der Waals surface area contributed by atoms with Crippen molar-refractivity contribution in [2.45, 2.75) is 39.4 Å². The lowest BCUT2D eigenvalue weighted by Crippen LogP contribution is -2.22. The second-order valence-corrected chi connectivity index (χ2v) is 5.57. The summed E-state index contributed by atoms with van der Waals surface area (Å²) in [4.78, 5) is 0. The van der Waals surface area contributed by atoms with Gasteiger partial charge in [-0.05, 0) is 18.6 Å². The Morgan fingerprint density at radius 3 is 2.29 bits per heavy atom. The first-order chi connectivity index (χ1) is 8.01. The molecule has 0 spiro atoms. The van der Waals surface area contributed by atoms with Gasteiger partial charge in [-0.25, -0.2) is 0 Å². The van der Waals surface area contributed by atoms with E-state index in [-0.39, 0.29) is 0 Å². The predicted molar refractivity (Wildman–Crippen MR) is 77.9 cm³/mol. The van der Waals surface area contributed by atoms with Crippen LogP contribution in [-0.4, -0.2) is 13.9 Å². The van der Waals surface area contributed by atoms with Crippen LogP contribution in [-0.2, 0) is 0 Å². The second kappa shape index (κ2) is 6.53. The minimum absolute atomic E-state index is 0.340. The average Bonchev–Trinajstić information content (AvgIpc) is 2.25. The van der Waals surface area contributed by atoms with Gasteiger partial charge in [-0.1, -0.05) is 62.8 Å². The first kappa shape index (κ1) is 13.9. The molecule has 1 aromatic rings. The molecule has 0 aliphatic rings. The van der Waals surface area contributed by atoms with Gasteiger partial charge in [0, 0.05) is 0 Å². The Kier molecular flexibility index (Phi) is 5.34. The summed E-state index contributed by atoms with van der Waals surface area (Å²) in [6.07, 6.45) is 5.24. The van der Waals surface area contributed by atoms with Gasteiger partial charge < -0.3 is 4.74 Å². The van der Waals surface area contributed by atoms with E-state index < -0.39 is 0 Å². The van der Waals surface area contributed by atoms with E-state index >= 15 is 0 Å². The first-order valence-electron chi connectivity index (χ1n) is 6.38. The number of hydrogen-bond acceptors (Lipinski definition) is 1. The summed E-state index contributed by atoms with van der Waals surface area (Å²) in [6.45, 7) is 9.55. The van der Waals surface area contributed by atoms with Crippen LogP contribution in [0.15, 0.2) is 36.4 Å². The molecular weight excluding hydrogens is 207 g/mol. The highest BCUT2D eigenvalue weighted by Crippen LogP contribution is 2.19. The fourth-order valence-electron chi connectivity index (χ4n) is 1.69. The Labute approximate surface area is 106 Å². The number of hydrogen-bond donors (Lipinski definition) is 0. The van der Waals surface area contributed by atoms with E-state index in [4.69, 9.17) is 4.74 Å². The summed E-state index contributed by atoms with van der Waals surface area (Å²) in [5, 5.41) is 0.340. The highest BCUT2D eigenvalue weighted by atomic mass is 16.5. The maximum Gasteiger partial charge on any atom is 0.163 e. The number of rotatable bonds is 5. The van der Waals surface area contributed by atoms with Gasteiger partial charge >= 0.3 is 0 Å². The van der Waals surface area contributed by atoms with Gasteiger partial charge in [-0.15, -0.1) is 0 Å². The van der Waals surface area contributed by atoms with E-state index in [1.807, 2.05) is 0 Å². The zero-order chi connectivity index (χ0) is 12.7. The normalized spacial score (nSPS) is 11.8. The van der Waals surface area contributed by atoms with Crippen LogP contribution in [0.2, 0.25) is 5.31 Å². The van der Waals surface area contributed by atoms with Crippen molar-refractivity contribution in [3.63, 3.8) is 0 Å². The topological polar surface area (TPSA) is 9.23 Å². The van der Waals surface area contributed by atoms with E-state index in [0.717, 1.165) is 19.4 Å². The van der Waals surface area contributed by atoms with E-state index in [2.05, 4.69) is 64.1 Å². The first-order valence-corrected chi connectivity index (χ1v) is 6.38. The zero-order valence-electron chi connectivity index (χ0n) is 11.5. The quantitative estimate of drug-likeness (QED) is 0.557. The van der Waals surface area contributed by atoms with Crippen LogP contribution >= 0.6 is 0 Å². The van der Waals surface area contributed by atoms with E-state index in [1.54, 1.807) is 0 Å². The van der Waals surface area contributed by atoms with Gasteiger partial charge in [0.1, 0.15) is 12.4 Å². The molecule has 0 aliphatic carbocycles. The van der Waals surface area contributed by atoms with Crippen LogP contribution in [0, 0.1) is 0 Å². The predicted octanol–water partition coefficient (Wildman–Crippen LogP) is 3.31. The summed E-state index contributed by atoms with van der Waals surface area (Å²) in [5.74, 6) is 0.948. The molecule has 0 heterocycles. The molecule has 17 heavy (non-hydrogen) atoms. The Bertz CT molecular complexity index is 346. The Morgan fingerprint density at radius 2 is 1.76 bits per heavy atom. The van der Waals surface area contributed by atoms with Crippen LogP contribution in [0.25, 0.3) is 0 Å². The Morgan fingerprint density at radius 1 is 1.12 bits per heavy atom. The van der Waals surface area contributed by atoms with Crippen LogP contribution < -0.4 is 10.2 Å². The van der Waals surface area contributed by atoms with Gasteiger partial charge in [-0.3, -0.25) is 0 Å². The van der Waals surface area contributed by atoms with Gasteiger partial charge in [-0.2, -0.15) is 0 Å². The molecular formula is C15H23BO. The second-order valence-electron chi connectivity index (χ2n) is 5.57. The van der Waals surface area contributed by atoms with Crippen molar-refractivity contribution in [1.29, 1.82) is 0 Å². The fourth-order valence-corrected chi connectivity index (χ4v) is 1.69. The molecule has 0 saturated carbocycles. The van der Waals surface area contributed by atoms with Crippen molar-refractivity contribution >= 4 is 12.7 Å². The van der Waals surface area contributed by atoms with E-state index in [9.17, 15) is 0 Å². The maximum atomic E-state index is 5.61.